The summed E-state index contributed by atoms with van der Waals surface area (Å²) in [6, 6.07) is 0. The highest BCUT2D eigenvalue weighted by Crippen LogP contribution is 2.44. The number of piperidine rings is 3. The lowest BCUT2D eigenvalue weighted by Crippen LogP contribution is -2.63. The number of hydrogen-bond donors (Lipinski definition) is 4. The van der Waals surface area contributed by atoms with E-state index in [1.54, 1.807) is 46.6 Å². The van der Waals surface area contributed by atoms with Crippen molar-refractivity contribution in [3.63, 3.8) is 0 Å². The van der Waals surface area contributed by atoms with Gasteiger partial charge in [0, 0.05) is 71.8 Å². The largest absolute Gasteiger partial charge is 0.462 e. The molecule has 0 aromatic rings. The molecule has 3 rings (SSSR count). The molecule has 3 heterocycles. The molecule has 0 bridgehead atoms. The molecule has 0 aromatic carbocycles. The molecule has 4 N–H and O–H groups in total. The molecule has 16 nitrogen and oxygen atoms in total. The second kappa shape index (κ2) is 18.1. The fraction of sp³-hybridized carbons (Fsp3) is 0.933. The summed E-state index contributed by atoms with van der Waals surface area (Å²) >= 11 is 0. The van der Waals surface area contributed by atoms with E-state index >= 15 is 0 Å². The highest BCUT2D eigenvalue weighted by Gasteiger charge is 2.54. The van der Waals surface area contributed by atoms with E-state index in [0.29, 0.717) is 25.7 Å². The molecule has 3 aliphatic heterocycles. The lowest BCUT2D eigenvalue weighted by Gasteiger charge is -2.54. The third-order valence-electron chi connectivity index (χ3n) is 11.4. The maximum atomic E-state index is 14.3. The van der Waals surface area contributed by atoms with E-state index in [1.165, 1.54) is 0 Å². The topological polar surface area (TPSA) is 197 Å². The third kappa shape index (κ3) is 15.0. The average molecular weight is 874 g/mol. The van der Waals surface area contributed by atoms with Crippen molar-refractivity contribution >= 4 is 17.9 Å². The van der Waals surface area contributed by atoms with Gasteiger partial charge in [-0.3, -0.25) is 24.1 Å². The Bertz CT molecular complexity index is 1410. The van der Waals surface area contributed by atoms with Crippen LogP contribution in [0.5, 0.6) is 0 Å². The van der Waals surface area contributed by atoms with Gasteiger partial charge in [-0.1, -0.05) is 0 Å². The molecule has 61 heavy (non-hydrogen) atoms. The number of aliphatic hydroxyl groups is 4. The van der Waals surface area contributed by atoms with Crippen molar-refractivity contribution in [2.45, 2.75) is 250 Å². The van der Waals surface area contributed by atoms with Gasteiger partial charge in [0.1, 0.15) is 18.3 Å². The van der Waals surface area contributed by atoms with Gasteiger partial charge in [0.05, 0.1) is 49.5 Å². The minimum absolute atomic E-state index is 0.0385. The summed E-state index contributed by atoms with van der Waals surface area (Å²) in [6.07, 6.45) is -1.75. The van der Waals surface area contributed by atoms with Gasteiger partial charge >= 0.3 is 17.9 Å². The summed E-state index contributed by atoms with van der Waals surface area (Å²) in [5.74, 6) is -2.91. The molecular formula is C45H83N3O13. The van der Waals surface area contributed by atoms with Crippen LogP contribution in [0.4, 0.5) is 0 Å². The maximum absolute atomic E-state index is 14.3. The Hall–Kier alpha value is -1.99. The van der Waals surface area contributed by atoms with Crippen molar-refractivity contribution in [2.75, 3.05) is 19.8 Å². The van der Waals surface area contributed by atoms with Gasteiger partial charge < -0.3 is 34.6 Å². The molecule has 0 aliphatic carbocycles. The molecule has 0 aromatic heterocycles. The first-order valence-corrected chi connectivity index (χ1v) is 21.9. The van der Waals surface area contributed by atoms with Crippen LogP contribution in [0.3, 0.4) is 0 Å². The molecule has 0 spiro atoms. The van der Waals surface area contributed by atoms with E-state index in [0.717, 1.165) is 0 Å². The monoisotopic (exact) mass is 874 g/mol. The summed E-state index contributed by atoms with van der Waals surface area (Å²) < 4.78 is 18.0. The number of hydrogen-bond acceptors (Lipinski definition) is 16. The standard InChI is InChI=1S/C45H83N3O13/c1-36(2)19-30(20-37(3,4)46(36)56-27-42(13,14)52)59-33(49)25-45(55,35(51)61-32-23-40(9,10)48(41(11,12)24-32)58-29-44(17,18)54)26-34(50)60-31-21-38(5,6)47(39(7,8)22-31)57-28-43(15,16)53/h30-32,52-55H,19-29H2,1-18H3. The van der Waals surface area contributed by atoms with Crippen molar-refractivity contribution in [3.05, 3.63) is 0 Å². The third-order valence-corrected chi connectivity index (χ3v) is 11.4. The number of carbonyl (C=O) groups is 3. The van der Waals surface area contributed by atoms with E-state index in [-0.39, 0.29) is 32.7 Å². The van der Waals surface area contributed by atoms with Crippen LogP contribution < -0.4 is 0 Å². The number of esters is 3. The normalized spacial score (nSPS) is 24.3. The van der Waals surface area contributed by atoms with Gasteiger partial charge in [0.25, 0.3) is 0 Å². The maximum Gasteiger partial charge on any atom is 0.339 e. The SMILES string of the molecule is CC(C)(O)CON1C(C)(C)CC(OC(=O)CC(O)(CC(=O)OC2CC(C)(C)N(OCC(C)(C)O)C(C)(C)C2)C(=O)OC2CC(C)(C)N(OCC(C)(C)O)C(C)(C)C2)CC1(C)C. The van der Waals surface area contributed by atoms with Crippen LogP contribution in [0.15, 0.2) is 0 Å². The number of nitrogens with zero attached hydrogens (tertiary/aromatic N) is 3. The van der Waals surface area contributed by atoms with Crippen LogP contribution in [0.1, 0.15) is 176 Å². The van der Waals surface area contributed by atoms with Crippen molar-refractivity contribution in [3.8, 4) is 0 Å². The molecule has 3 aliphatic rings. The van der Waals surface area contributed by atoms with E-state index in [9.17, 15) is 34.8 Å². The Morgan fingerprint density at radius 3 is 0.869 bits per heavy atom. The first-order chi connectivity index (χ1) is 27.1. The van der Waals surface area contributed by atoms with Gasteiger partial charge in [0.2, 0.25) is 0 Å². The van der Waals surface area contributed by atoms with Crippen LogP contribution in [0, 0.1) is 0 Å². The Balaban J connectivity index is 1.86. The molecule has 16 heteroatoms. The zero-order valence-corrected chi connectivity index (χ0v) is 40.8. The van der Waals surface area contributed by atoms with E-state index in [2.05, 4.69) is 0 Å². The summed E-state index contributed by atoms with van der Waals surface area (Å²) in [5.41, 5.74) is -9.81. The molecule has 3 saturated heterocycles. The molecular weight excluding hydrogens is 791 g/mol. The van der Waals surface area contributed by atoms with Crippen LogP contribution >= 0.6 is 0 Å². The summed E-state index contributed by atoms with van der Waals surface area (Å²) in [7, 11) is 0. The second-order valence-corrected chi connectivity index (χ2v) is 23.9. The molecule has 0 atom stereocenters. The Labute approximate surface area is 365 Å². The van der Waals surface area contributed by atoms with Gasteiger partial charge in [-0.25, -0.2) is 4.79 Å². The summed E-state index contributed by atoms with van der Waals surface area (Å²) in [4.78, 5) is 60.4. The van der Waals surface area contributed by atoms with E-state index in [1.807, 2.05) is 93.2 Å². The highest BCUT2D eigenvalue weighted by atomic mass is 16.7. The quantitative estimate of drug-likeness (QED) is 0.108. The van der Waals surface area contributed by atoms with Crippen molar-refractivity contribution in [1.82, 2.24) is 15.2 Å². The van der Waals surface area contributed by atoms with Crippen LogP contribution in [-0.4, -0.2) is 147 Å². The van der Waals surface area contributed by atoms with Crippen LogP contribution in [0.2, 0.25) is 0 Å². The molecule has 0 radical (unpaired) electrons. The zero-order chi connectivity index (χ0) is 47.2. The lowest BCUT2D eigenvalue weighted by atomic mass is 9.80. The van der Waals surface area contributed by atoms with Gasteiger partial charge in [0.15, 0.2) is 5.60 Å². The van der Waals surface area contributed by atoms with E-state index < -0.39 is 105 Å². The highest BCUT2D eigenvalue weighted by molar-refractivity contribution is 5.90. The van der Waals surface area contributed by atoms with Gasteiger partial charge in [-0.15, -0.1) is 0 Å². The van der Waals surface area contributed by atoms with E-state index in [4.69, 9.17) is 28.7 Å². The Morgan fingerprint density at radius 1 is 0.443 bits per heavy atom. The fourth-order valence-electron chi connectivity index (χ4n) is 9.88. The second-order valence-electron chi connectivity index (χ2n) is 23.9. The number of rotatable bonds is 17. The minimum atomic E-state index is -2.64. The first-order valence-electron chi connectivity index (χ1n) is 21.9. The molecule has 356 valence electrons. The molecule has 0 amide bonds. The summed E-state index contributed by atoms with van der Waals surface area (Å²) in [6.45, 7) is 33.3. The smallest absolute Gasteiger partial charge is 0.339 e. The van der Waals surface area contributed by atoms with Crippen molar-refractivity contribution in [1.29, 1.82) is 0 Å². The number of ether oxygens (including phenoxy) is 3. The van der Waals surface area contributed by atoms with Crippen LogP contribution in [-0.2, 0) is 43.1 Å². The molecule has 3 fully saturated rings. The average Bonchev–Trinajstić information content (AvgIpc) is 2.95. The molecule has 0 saturated carbocycles. The van der Waals surface area contributed by atoms with Crippen molar-refractivity contribution < 1.29 is 63.5 Å². The zero-order valence-electron chi connectivity index (χ0n) is 40.8. The predicted octanol–water partition coefficient (Wildman–Crippen LogP) is 5.30. The summed E-state index contributed by atoms with van der Waals surface area (Å²) in [5, 5.41) is 48.7. The number of carbonyl (C=O) groups excluding carboxylic acids is 3. The first kappa shape index (κ1) is 53.3. The number of hydroxylamine groups is 6. The van der Waals surface area contributed by atoms with Gasteiger partial charge in [-0.2, -0.15) is 15.2 Å². The lowest BCUT2D eigenvalue weighted by molar-refractivity contribution is -0.308. The van der Waals surface area contributed by atoms with Gasteiger partial charge in [-0.05, 0) is 125 Å². The van der Waals surface area contributed by atoms with Crippen molar-refractivity contribution in [2.24, 2.45) is 0 Å². The minimum Gasteiger partial charge on any atom is -0.462 e. The van der Waals surface area contributed by atoms with Crippen LogP contribution in [0.25, 0.3) is 0 Å². The Morgan fingerprint density at radius 2 is 0.656 bits per heavy atom. The Kier molecular flexibility index (Phi) is 15.8. The predicted molar refractivity (Wildman–Crippen MR) is 228 cm³/mol. The fourth-order valence-corrected chi connectivity index (χ4v) is 9.88. The molecule has 0 unspecified atom stereocenters.